The number of carbonyl (C=O) groups excluding carboxylic acids is 1. The van der Waals surface area contributed by atoms with E-state index in [0.717, 1.165) is 29.9 Å². The fourth-order valence-electron chi connectivity index (χ4n) is 3.49. The molecule has 1 amide bonds. The van der Waals surface area contributed by atoms with Crippen LogP contribution in [0, 0.1) is 25.7 Å². The largest absolute Gasteiger partial charge is 0.481 e. The van der Waals surface area contributed by atoms with Crippen LogP contribution in [0.2, 0.25) is 0 Å². The lowest BCUT2D eigenvalue weighted by Crippen LogP contribution is -2.33. The van der Waals surface area contributed by atoms with E-state index in [-0.39, 0.29) is 17.9 Å². The predicted octanol–water partition coefficient (Wildman–Crippen LogP) is 2.46. The van der Waals surface area contributed by atoms with E-state index in [1.807, 2.05) is 11.6 Å². The van der Waals surface area contributed by atoms with Crippen molar-refractivity contribution in [3.05, 3.63) is 17.0 Å². The van der Waals surface area contributed by atoms with E-state index in [1.165, 1.54) is 0 Å². The zero-order chi connectivity index (χ0) is 17.9. The zero-order valence-electron chi connectivity index (χ0n) is 15.1. The minimum atomic E-state index is -0.754. The van der Waals surface area contributed by atoms with Gasteiger partial charge in [-0.15, -0.1) is 0 Å². The average Bonchev–Trinajstić information content (AvgIpc) is 3.03. The van der Waals surface area contributed by atoms with Crippen molar-refractivity contribution < 1.29 is 14.7 Å². The Morgan fingerprint density at radius 1 is 1.33 bits per heavy atom. The Morgan fingerprint density at radius 2 is 2.04 bits per heavy atom. The lowest BCUT2D eigenvalue weighted by Gasteiger charge is -2.12. The van der Waals surface area contributed by atoms with Gasteiger partial charge in [0.2, 0.25) is 5.91 Å². The van der Waals surface area contributed by atoms with E-state index in [0.29, 0.717) is 31.6 Å². The molecule has 0 aliphatic heterocycles. The molecule has 0 unspecified atom stereocenters. The predicted molar refractivity (Wildman–Crippen MR) is 91.8 cm³/mol. The second-order valence-corrected chi connectivity index (χ2v) is 7.34. The Balaban J connectivity index is 1.86. The molecule has 1 aromatic rings. The highest BCUT2D eigenvalue weighted by molar-refractivity contribution is 5.77. The molecule has 1 aliphatic rings. The monoisotopic (exact) mass is 335 g/mol. The number of amides is 1. The van der Waals surface area contributed by atoms with Crippen molar-refractivity contribution in [2.75, 3.05) is 0 Å². The van der Waals surface area contributed by atoms with Gasteiger partial charge >= 0.3 is 5.97 Å². The standard InChI is InChI=1S/C18H29N3O3/c1-11(2)10-21-13(4)16(12(3)20-21)7-8-17(22)19-15-6-5-14(9-15)18(23)24/h11,14-15H,5-10H2,1-4H3,(H,19,22)(H,23,24)/t14-,15+/m0/s1. The van der Waals surface area contributed by atoms with Gasteiger partial charge in [0.25, 0.3) is 0 Å². The first-order valence-electron chi connectivity index (χ1n) is 8.83. The summed E-state index contributed by atoms with van der Waals surface area (Å²) in [4.78, 5) is 23.1. The first kappa shape index (κ1) is 18.5. The molecule has 2 N–H and O–H groups in total. The number of hydrogen-bond acceptors (Lipinski definition) is 3. The van der Waals surface area contributed by atoms with Crippen LogP contribution in [0.1, 0.15) is 56.5 Å². The molecule has 1 fully saturated rings. The topological polar surface area (TPSA) is 84.2 Å². The van der Waals surface area contributed by atoms with Crippen molar-refractivity contribution >= 4 is 11.9 Å². The molecule has 0 aromatic carbocycles. The Hall–Kier alpha value is -1.85. The fourth-order valence-corrected chi connectivity index (χ4v) is 3.49. The number of aromatic nitrogens is 2. The van der Waals surface area contributed by atoms with E-state index in [4.69, 9.17) is 5.11 Å². The molecule has 2 rings (SSSR count). The average molecular weight is 335 g/mol. The first-order valence-corrected chi connectivity index (χ1v) is 8.83. The summed E-state index contributed by atoms with van der Waals surface area (Å²) in [7, 11) is 0. The summed E-state index contributed by atoms with van der Waals surface area (Å²) < 4.78 is 2.03. The number of aliphatic carboxylic acids is 1. The summed E-state index contributed by atoms with van der Waals surface area (Å²) in [6.45, 7) is 9.26. The third-order valence-electron chi connectivity index (χ3n) is 4.82. The molecule has 0 saturated heterocycles. The van der Waals surface area contributed by atoms with E-state index in [1.54, 1.807) is 0 Å². The number of hydrogen-bond donors (Lipinski definition) is 2. The molecule has 24 heavy (non-hydrogen) atoms. The van der Waals surface area contributed by atoms with Gasteiger partial charge in [0, 0.05) is 24.7 Å². The number of carboxylic acids is 1. The van der Waals surface area contributed by atoms with Crippen molar-refractivity contribution in [2.45, 2.75) is 72.4 Å². The molecular formula is C18H29N3O3. The van der Waals surface area contributed by atoms with Gasteiger partial charge < -0.3 is 10.4 Å². The number of nitrogens with zero attached hydrogens (tertiary/aromatic N) is 2. The van der Waals surface area contributed by atoms with Crippen LogP contribution < -0.4 is 5.32 Å². The van der Waals surface area contributed by atoms with Gasteiger partial charge in [-0.3, -0.25) is 14.3 Å². The van der Waals surface area contributed by atoms with Crippen molar-refractivity contribution in [3.8, 4) is 0 Å². The van der Waals surface area contributed by atoms with Crippen LogP contribution >= 0.6 is 0 Å². The van der Waals surface area contributed by atoms with Crippen LogP contribution in [-0.4, -0.2) is 32.8 Å². The van der Waals surface area contributed by atoms with Crippen LogP contribution in [0.25, 0.3) is 0 Å². The lowest BCUT2D eigenvalue weighted by molar-refractivity contribution is -0.141. The van der Waals surface area contributed by atoms with E-state index in [2.05, 4.69) is 31.2 Å². The number of aryl methyl sites for hydroxylation is 1. The van der Waals surface area contributed by atoms with Crippen molar-refractivity contribution in [3.63, 3.8) is 0 Å². The molecule has 1 heterocycles. The molecule has 1 aliphatic carbocycles. The summed E-state index contributed by atoms with van der Waals surface area (Å²) in [6, 6.07) is 0.00413. The van der Waals surface area contributed by atoms with E-state index >= 15 is 0 Å². The minimum Gasteiger partial charge on any atom is -0.481 e. The third kappa shape index (κ3) is 4.58. The second kappa shape index (κ2) is 7.81. The SMILES string of the molecule is Cc1nn(CC(C)C)c(C)c1CCC(=O)N[C@@H]1CC[C@H](C(=O)O)C1. The van der Waals surface area contributed by atoms with Gasteiger partial charge in [-0.1, -0.05) is 13.8 Å². The Bertz CT molecular complexity index is 607. The van der Waals surface area contributed by atoms with Gasteiger partial charge in [-0.2, -0.15) is 5.10 Å². The van der Waals surface area contributed by atoms with Gasteiger partial charge in [0.1, 0.15) is 0 Å². The Kier molecular flexibility index (Phi) is 6.02. The summed E-state index contributed by atoms with van der Waals surface area (Å²) in [5.41, 5.74) is 3.29. The lowest BCUT2D eigenvalue weighted by atomic mass is 10.1. The quantitative estimate of drug-likeness (QED) is 0.801. The summed E-state index contributed by atoms with van der Waals surface area (Å²) in [5, 5.41) is 16.6. The first-order chi connectivity index (χ1) is 11.3. The van der Waals surface area contributed by atoms with Gasteiger partial charge in [-0.25, -0.2) is 0 Å². The van der Waals surface area contributed by atoms with Crippen LogP contribution in [0.4, 0.5) is 0 Å². The van der Waals surface area contributed by atoms with Gasteiger partial charge in [0.15, 0.2) is 0 Å². The number of rotatable bonds is 7. The zero-order valence-corrected chi connectivity index (χ0v) is 15.1. The number of nitrogens with one attached hydrogen (secondary N) is 1. The van der Waals surface area contributed by atoms with Gasteiger partial charge in [-0.05, 0) is 51.0 Å². The summed E-state index contributed by atoms with van der Waals surface area (Å²) >= 11 is 0. The summed E-state index contributed by atoms with van der Waals surface area (Å²) in [5.74, 6) is -0.533. The number of carbonyl (C=O) groups is 2. The summed E-state index contributed by atoms with van der Waals surface area (Å²) in [6.07, 6.45) is 3.05. The van der Waals surface area contributed by atoms with Gasteiger partial charge in [0.05, 0.1) is 11.6 Å². The maximum Gasteiger partial charge on any atom is 0.306 e. The van der Waals surface area contributed by atoms with E-state index in [9.17, 15) is 9.59 Å². The number of carboxylic acid groups (broad SMARTS) is 1. The molecule has 6 nitrogen and oxygen atoms in total. The molecule has 134 valence electrons. The highest BCUT2D eigenvalue weighted by atomic mass is 16.4. The van der Waals surface area contributed by atoms with Crippen LogP contribution in [-0.2, 0) is 22.6 Å². The third-order valence-corrected chi connectivity index (χ3v) is 4.82. The fraction of sp³-hybridized carbons (Fsp3) is 0.722. The molecule has 0 bridgehead atoms. The molecule has 0 radical (unpaired) electrons. The minimum absolute atomic E-state index is 0.00134. The Morgan fingerprint density at radius 3 is 2.62 bits per heavy atom. The molecule has 1 saturated carbocycles. The van der Waals surface area contributed by atoms with Crippen molar-refractivity contribution in [1.29, 1.82) is 0 Å². The maximum absolute atomic E-state index is 12.2. The molecular weight excluding hydrogens is 306 g/mol. The molecule has 1 aromatic heterocycles. The highest BCUT2D eigenvalue weighted by Gasteiger charge is 2.30. The molecule has 0 spiro atoms. The van der Waals surface area contributed by atoms with Crippen LogP contribution in [0.5, 0.6) is 0 Å². The van der Waals surface area contributed by atoms with Crippen LogP contribution in [0.15, 0.2) is 0 Å². The normalized spacial score (nSPS) is 20.5. The van der Waals surface area contributed by atoms with E-state index < -0.39 is 5.97 Å². The van der Waals surface area contributed by atoms with Crippen LogP contribution in [0.3, 0.4) is 0 Å². The second-order valence-electron chi connectivity index (χ2n) is 7.34. The van der Waals surface area contributed by atoms with Crippen molar-refractivity contribution in [1.82, 2.24) is 15.1 Å². The highest BCUT2D eigenvalue weighted by Crippen LogP contribution is 2.25. The maximum atomic E-state index is 12.2. The Labute approximate surface area is 143 Å². The smallest absolute Gasteiger partial charge is 0.306 e. The molecule has 6 heteroatoms. The molecule has 2 atom stereocenters. The van der Waals surface area contributed by atoms with Crippen molar-refractivity contribution in [2.24, 2.45) is 11.8 Å².